The fraction of sp³-hybridized carbons (Fsp3) is 0.304. The first-order valence-corrected chi connectivity index (χ1v) is 11.6. The molecule has 2 aromatic carbocycles. The lowest BCUT2D eigenvalue weighted by Gasteiger charge is -2.14. The molecule has 168 valence electrons. The zero-order valence-electron chi connectivity index (χ0n) is 18.1. The predicted molar refractivity (Wildman–Crippen MR) is 132 cm³/mol. The second-order valence-electron chi connectivity index (χ2n) is 7.28. The number of halogens is 2. The van der Waals surface area contributed by atoms with Crippen LogP contribution in [0.5, 0.6) is 5.75 Å². The molecule has 1 aromatic heterocycles. The molecule has 9 heteroatoms. The third kappa shape index (κ3) is 5.27. The van der Waals surface area contributed by atoms with E-state index in [0.717, 1.165) is 16.5 Å². The first kappa shape index (κ1) is 24.1. The summed E-state index contributed by atoms with van der Waals surface area (Å²) >= 11 is 6.86. The minimum Gasteiger partial charge on any atom is -0.478 e. The third-order valence-corrected chi connectivity index (χ3v) is 6.11. The number of esters is 1. The van der Waals surface area contributed by atoms with Crippen molar-refractivity contribution in [2.45, 2.75) is 39.2 Å². The van der Waals surface area contributed by atoms with Crippen LogP contribution >= 0.6 is 31.9 Å². The number of aromatic nitrogens is 2. The van der Waals surface area contributed by atoms with Gasteiger partial charge >= 0.3 is 5.97 Å². The molecule has 1 heterocycles. The molecule has 0 fully saturated rings. The highest BCUT2D eigenvalue weighted by Crippen LogP contribution is 2.27. The van der Waals surface area contributed by atoms with Crippen LogP contribution in [0, 0.1) is 0 Å². The lowest BCUT2D eigenvalue weighted by molar-refractivity contribution is -0.147. The van der Waals surface area contributed by atoms with Gasteiger partial charge in [-0.15, -0.1) is 0 Å². The van der Waals surface area contributed by atoms with Gasteiger partial charge in [-0.1, -0.05) is 29.8 Å². The van der Waals surface area contributed by atoms with E-state index >= 15 is 0 Å². The average Bonchev–Trinajstić information content (AvgIpc) is 2.79. The highest BCUT2D eigenvalue weighted by molar-refractivity contribution is 9.10. The zero-order chi connectivity index (χ0) is 23.4. The third-order valence-electron chi connectivity index (χ3n) is 5.00. The molecule has 0 N–H and O–H groups in total. The van der Waals surface area contributed by atoms with Crippen LogP contribution in [-0.4, -0.2) is 35.1 Å². The van der Waals surface area contributed by atoms with Crippen LogP contribution in [0.2, 0.25) is 0 Å². The Bertz CT molecular complexity index is 1240. The summed E-state index contributed by atoms with van der Waals surface area (Å²) in [7, 11) is 1.31. The second kappa shape index (κ2) is 10.4. The van der Waals surface area contributed by atoms with E-state index < -0.39 is 12.1 Å². The van der Waals surface area contributed by atoms with Crippen LogP contribution in [0.4, 0.5) is 0 Å². The molecule has 3 aromatic rings. The first-order valence-electron chi connectivity index (χ1n) is 10.1. The molecule has 0 bridgehead atoms. The Morgan fingerprint density at radius 3 is 2.62 bits per heavy atom. The lowest BCUT2D eigenvalue weighted by atomic mass is 10.1. The van der Waals surface area contributed by atoms with E-state index in [4.69, 9.17) is 9.72 Å². The van der Waals surface area contributed by atoms with Crippen LogP contribution in [0.3, 0.4) is 0 Å². The van der Waals surface area contributed by atoms with Gasteiger partial charge < -0.3 is 9.47 Å². The molecular formula is C23H23Br2N3O4. The molecule has 0 unspecified atom stereocenters. The van der Waals surface area contributed by atoms with Gasteiger partial charge in [0.2, 0.25) is 0 Å². The lowest BCUT2D eigenvalue weighted by Crippen LogP contribution is -2.25. The molecule has 0 saturated heterocycles. The Kier molecular flexibility index (Phi) is 7.84. The standard InChI is InChI=1S/C23H23Br2N3O4/c1-5-13(2)21-27-19-8-7-16(24)11-17(19)22(29)28(21)26-12-15-6-9-20(18(25)10-15)32-14(3)23(30)31-4/h6-14H,5H2,1-4H3/t13-,14-/m1/s1. The van der Waals surface area contributed by atoms with Crippen molar-refractivity contribution in [3.8, 4) is 5.75 Å². The number of methoxy groups -OCH3 is 1. The smallest absolute Gasteiger partial charge is 0.346 e. The van der Waals surface area contributed by atoms with Gasteiger partial charge in [0.15, 0.2) is 6.10 Å². The topological polar surface area (TPSA) is 82.8 Å². The number of nitrogens with zero attached hydrogens (tertiary/aromatic N) is 3. The number of carbonyl (C=O) groups excluding carboxylic acids is 1. The fourth-order valence-corrected chi connectivity index (χ4v) is 3.85. The number of hydrogen-bond acceptors (Lipinski definition) is 6. The Balaban J connectivity index is 1.99. The van der Waals surface area contributed by atoms with E-state index in [2.05, 4.69) is 41.7 Å². The molecule has 2 atom stereocenters. The summed E-state index contributed by atoms with van der Waals surface area (Å²) < 4.78 is 13.1. The van der Waals surface area contributed by atoms with Gasteiger partial charge in [-0.25, -0.2) is 9.78 Å². The number of fused-ring (bicyclic) bond motifs is 1. The highest BCUT2D eigenvalue weighted by atomic mass is 79.9. The van der Waals surface area contributed by atoms with Crippen molar-refractivity contribution in [2.24, 2.45) is 5.10 Å². The van der Waals surface area contributed by atoms with Gasteiger partial charge in [0.25, 0.3) is 5.56 Å². The minimum atomic E-state index is -0.740. The normalized spacial score (nSPS) is 13.3. The molecule has 7 nitrogen and oxygen atoms in total. The summed E-state index contributed by atoms with van der Waals surface area (Å²) in [5, 5.41) is 4.95. The van der Waals surface area contributed by atoms with E-state index in [1.807, 2.05) is 26.0 Å². The Labute approximate surface area is 202 Å². The molecule has 0 aliphatic heterocycles. The van der Waals surface area contributed by atoms with Crippen LogP contribution in [0.25, 0.3) is 10.9 Å². The van der Waals surface area contributed by atoms with Crippen molar-refractivity contribution < 1.29 is 14.3 Å². The maximum Gasteiger partial charge on any atom is 0.346 e. The van der Waals surface area contributed by atoms with Gasteiger partial charge in [0, 0.05) is 10.4 Å². The Hall–Kier alpha value is -2.52. The summed E-state index contributed by atoms with van der Waals surface area (Å²) in [6, 6.07) is 10.7. The summed E-state index contributed by atoms with van der Waals surface area (Å²) in [5.41, 5.74) is 1.16. The summed E-state index contributed by atoms with van der Waals surface area (Å²) in [6.45, 7) is 5.67. The zero-order valence-corrected chi connectivity index (χ0v) is 21.3. The predicted octanol–water partition coefficient (Wildman–Crippen LogP) is 5.26. The fourth-order valence-electron chi connectivity index (χ4n) is 3.00. The maximum absolute atomic E-state index is 13.2. The SMILES string of the molecule is CC[C@@H](C)c1nc2ccc(Br)cc2c(=O)n1N=Cc1ccc(O[C@H](C)C(=O)OC)c(Br)c1. The summed E-state index contributed by atoms with van der Waals surface area (Å²) in [4.78, 5) is 29.5. The van der Waals surface area contributed by atoms with Crippen LogP contribution in [0.15, 0.2) is 55.2 Å². The van der Waals surface area contributed by atoms with Gasteiger partial charge in [0.05, 0.1) is 28.7 Å². The number of rotatable bonds is 7. The Morgan fingerprint density at radius 1 is 1.22 bits per heavy atom. The quantitative estimate of drug-likeness (QED) is 0.289. The van der Waals surface area contributed by atoms with Crippen LogP contribution in [0.1, 0.15) is 44.5 Å². The van der Waals surface area contributed by atoms with Crippen LogP contribution in [-0.2, 0) is 9.53 Å². The van der Waals surface area contributed by atoms with Crippen molar-refractivity contribution in [3.05, 3.63) is 67.1 Å². The molecule has 0 aliphatic carbocycles. The van der Waals surface area contributed by atoms with E-state index in [9.17, 15) is 9.59 Å². The first-order chi connectivity index (χ1) is 15.2. The molecule has 0 spiro atoms. The van der Waals surface area contributed by atoms with Gasteiger partial charge in [-0.05, 0) is 71.2 Å². The van der Waals surface area contributed by atoms with E-state index in [1.165, 1.54) is 11.8 Å². The molecule has 32 heavy (non-hydrogen) atoms. The van der Waals surface area contributed by atoms with E-state index in [0.29, 0.717) is 26.9 Å². The van der Waals surface area contributed by atoms with Gasteiger partial charge in [-0.2, -0.15) is 9.78 Å². The highest BCUT2D eigenvalue weighted by Gasteiger charge is 2.17. The molecule has 3 rings (SSSR count). The molecule has 0 aliphatic rings. The van der Waals surface area contributed by atoms with E-state index in [1.54, 1.807) is 37.4 Å². The maximum atomic E-state index is 13.2. The molecular weight excluding hydrogens is 542 g/mol. The van der Waals surface area contributed by atoms with Crippen molar-refractivity contribution in [1.82, 2.24) is 9.66 Å². The Morgan fingerprint density at radius 2 is 1.97 bits per heavy atom. The number of benzene rings is 2. The van der Waals surface area contributed by atoms with Crippen LogP contribution < -0.4 is 10.3 Å². The minimum absolute atomic E-state index is 0.0511. The number of ether oxygens (including phenoxy) is 2. The van der Waals surface area contributed by atoms with Gasteiger partial charge in [0.1, 0.15) is 11.6 Å². The van der Waals surface area contributed by atoms with Crippen molar-refractivity contribution >= 4 is 54.9 Å². The number of carbonyl (C=O) groups is 1. The molecule has 0 radical (unpaired) electrons. The second-order valence-corrected chi connectivity index (χ2v) is 9.05. The summed E-state index contributed by atoms with van der Waals surface area (Å²) in [6.07, 6.45) is 1.67. The summed E-state index contributed by atoms with van der Waals surface area (Å²) in [5.74, 6) is 0.689. The number of hydrogen-bond donors (Lipinski definition) is 0. The monoisotopic (exact) mass is 563 g/mol. The van der Waals surface area contributed by atoms with Crippen molar-refractivity contribution in [2.75, 3.05) is 7.11 Å². The molecule has 0 amide bonds. The van der Waals surface area contributed by atoms with E-state index in [-0.39, 0.29) is 11.5 Å². The molecule has 0 saturated carbocycles. The largest absolute Gasteiger partial charge is 0.478 e. The average molecular weight is 565 g/mol. The van der Waals surface area contributed by atoms with Crippen molar-refractivity contribution in [3.63, 3.8) is 0 Å². The van der Waals surface area contributed by atoms with Gasteiger partial charge in [-0.3, -0.25) is 4.79 Å². The van der Waals surface area contributed by atoms with Crippen molar-refractivity contribution in [1.29, 1.82) is 0 Å².